The van der Waals surface area contributed by atoms with Crippen molar-refractivity contribution in [1.82, 2.24) is 4.98 Å². The van der Waals surface area contributed by atoms with Crippen LogP contribution in [0.15, 0.2) is 6.20 Å². The largest absolute Gasteiger partial charge is 0.574 e. The monoisotopic (exact) mass is 183 g/mol. The number of hydrogen-bond acceptors (Lipinski definition) is 3. The summed E-state index contributed by atoms with van der Waals surface area (Å²) in [7, 11) is 0. The molecule has 2 nitrogen and oxygen atoms in total. The van der Waals surface area contributed by atoms with E-state index in [9.17, 15) is 13.2 Å². The summed E-state index contributed by atoms with van der Waals surface area (Å²) in [6, 6.07) is 0. The molecule has 0 atom stereocenters. The average Bonchev–Trinajstić information content (AvgIpc) is 2.10. The zero-order chi connectivity index (χ0) is 8.48. The van der Waals surface area contributed by atoms with Gasteiger partial charge in [-0.2, -0.15) is 0 Å². The third kappa shape index (κ3) is 2.75. The smallest absolute Gasteiger partial charge is 0.378 e. The van der Waals surface area contributed by atoms with Crippen molar-refractivity contribution in [2.45, 2.75) is 13.3 Å². The second kappa shape index (κ2) is 2.69. The van der Waals surface area contributed by atoms with E-state index in [1.165, 1.54) is 6.20 Å². The summed E-state index contributed by atoms with van der Waals surface area (Å²) in [5, 5.41) is -0.366. The Hall–Kier alpha value is -0.780. The Balaban J connectivity index is 2.65. The van der Waals surface area contributed by atoms with E-state index >= 15 is 0 Å². The molecule has 0 saturated carbocycles. The second-order valence-electron chi connectivity index (χ2n) is 1.78. The van der Waals surface area contributed by atoms with Gasteiger partial charge in [0.2, 0.25) is 0 Å². The van der Waals surface area contributed by atoms with Crippen LogP contribution in [0.5, 0.6) is 5.19 Å². The number of rotatable bonds is 1. The zero-order valence-corrected chi connectivity index (χ0v) is 6.29. The normalized spacial score (nSPS) is 11.6. The first-order chi connectivity index (χ1) is 4.97. The second-order valence-corrected chi connectivity index (χ2v) is 2.98. The van der Waals surface area contributed by atoms with Crippen molar-refractivity contribution < 1.29 is 17.9 Å². The first-order valence-electron chi connectivity index (χ1n) is 2.65. The molecule has 0 N–H and O–H groups in total. The van der Waals surface area contributed by atoms with Gasteiger partial charge in [0.05, 0.1) is 0 Å². The number of aromatic nitrogens is 1. The molecule has 0 unspecified atom stereocenters. The topological polar surface area (TPSA) is 22.1 Å². The molecule has 1 rings (SSSR count). The van der Waals surface area contributed by atoms with Crippen molar-refractivity contribution in [3.05, 3.63) is 11.1 Å². The van der Waals surface area contributed by atoms with Gasteiger partial charge in [0.15, 0.2) is 0 Å². The molecule has 0 aromatic carbocycles. The van der Waals surface area contributed by atoms with Crippen LogP contribution < -0.4 is 4.74 Å². The van der Waals surface area contributed by atoms with Crippen LogP contribution in [0.4, 0.5) is 13.2 Å². The fraction of sp³-hybridized carbons (Fsp3) is 0.400. The molecule has 6 heteroatoms. The lowest BCUT2D eigenvalue weighted by Crippen LogP contribution is -2.16. The standard InChI is InChI=1S/C5H4F3NOS/c1-3-2-9-4(11-3)10-5(6,7)8/h2H,1H3. The molecule has 0 aliphatic rings. The number of halogens is 3. The maximum absolute atomic E-state index is 11.5. The summed E-state index contributed by atoms with van der Waals surface area (Å²) in [4.78, 5) is 4.06. The van der Waals surface area contributed by atoms with E-state index in [0.29, 0.717) is 4.88 Å². The van der Waals surface area contributed by atoms with Crippen LogP contribution >= 0.6 is 11.3 Å². The average molecular weight is 183 g/mol. The van der Waals surface area contributed by atoms with Gasteiger partial charge in [0, 0.05) is 11.1 Å². The quantitative estimate of drug-likeness (QED) is 0.666. The first-order valence-corrected chi connectivity index (χ1v) is 3.47. The van der Waals surface area contributed by atoms with Gasteiger partial charge >= 0.3 is 6.36 Å². The Kier molecular flexibility index (Phi) is 2.03. The van der Waals surface area contributed by atoms with Crippen LogP contribution in [0, 0.1) is 6.92 Å². The molecule has 0 aliphatic carbocycles. The van der Waals surface area contributed by atoms with Crippen LogP contribution in [0.25, 0.3) is 0 Å². The van der Waals surface area contributed by atoms with E-state index in [1.807, 2.05) is 0 Å². The SMILES string of the molecule is Cc1cnc(OC(F)(F)F)s1. The molecular weight excluding hydrogens is 179 g/mol. The predicted molar refractivity (Wildman–Crippen MR) is 33.5 cm³/mol. The molecule has 0 bridgehead atoms. The third-order valence-corrected chi connectivity index (χ3v) is 1.59. The molecular formula is C5H4F3NOS. The molecule has 0 spiro atoms. The van der Waals surface area contributed by atoms with Gasteiger partial charge in [-0.15, -0.1) is 13.2 Å². The number of thiazole rings is 1. The zero-order valence-electron chi connectivity index (χ0n) is 5.47. The van der Waals surface area contributed by atoms with Crippen molar-refractivity contribution in [2.24, 2.45) is 0 Å². The van der Waals surface area contributed by atoms with Gasteiger partial charge in [0.1, 0.15) is 0 Å². The lowest BCUT2D eigenvalue weighted by molar-refractivity contribution is -0.274. The molecule has 1 aromatic rings. The van der Waals surface area contributed by atoms with Crippen LogP contribution in [0.3, 0.4) is 0 Å². The Morgan fingerprint density at radius 3 is 2.55 bits per heavy atom. The minimum Gasteiger partial charge on any atom is -0.378 e. The van der Waals surface area contributed by atoms with E-state index in [2.05, 4.69) is 9.72 Å². The molecule has 11 heavy (non-hydrogen) atoms. The van der Waals surface area contributed by atoms with Gasteiger partial charge in [-0.05, 0) is 6.92 Å². The Bertz CT molecular complexity index is 244. The van der Waals surface area contributed by atoms with E-state index in [4.69, 9.17) is 0 Å². The van der Waals surface area contributed by atoms with Crippen LogP contribution in [0.2, 0.25) is 0 Å². The van der Waals surface area contributed by atoms with Crippen molar-refractivity contribution >= 4 is 11.3 Å². The summed E-state index contributed by atoms with van der Waals surface area (Å²) < 4.78 is 38.0. The summed E-state index contributed by atoms with van der Waals surface area (Å²) in [6.07, 6.45) is -3.31. The predicted octanol–water partition coefficient (Wildman–Crippen LogP) is 2.35. The van der Waals surface area contributed by atoms with Crippen molar-refractivity contribution in [3.8, 4) is 5.19 Å². The number of alkyl halides is 3. The van der Waals surface area contributed by atoms with E-state index in [0.717, 1.165) is 11.3 Å². The number of aryl methyl sites for hydroxylation is 1. The van der Waals surface area contributed by atoms with Gasteiger partial charge in [-0.1, -0.05) is 11.3 Å². The Labute approximate surface area is 64.6 Å². The van der Waals surface area contributed by atoms with Gasteiger partial charge < -0.3 is 4.74 Å². The highest BCUT2D eigenvalue weighted by Crippen LogP contribution is 2.26. The Morgan fingerprint density at radius 1 is 1.55 bits per heavy atom. The molecule has 1 aromatic heterocycles. The minimum atomic E-state index is -4.63. The van der Waals surface area contributed by atoms with Gasteiger partial charge in [0.25, 0.3) is 5.19 Å². The maximum Gasteiger partial charge on any atom is 0.574 e. The fourth-order valence-electron chi connectivity index (χ4n) is 0.480. The van der Waals surface area contributed by atoms with Crippen molar-refractivity contribution in [3.63, 3.8) is 0 Å². The van der Waals surface area contributed by atoms with E-state index < -0.39 is 6.36 Å². The fourth-order valence-corrected chi connectivity index (χ4v) is 1.10. The van der Waals surface area contributed by atoms with Crippen LogP contribution in [-0.4, -0.2) is 11.3 Å². The molecule has 0 fully saturated rings. The number of ether oxygens (including phenoxy) is 1. The van der Waals surface area contributed by atoms with Crippen molar-refractivity contribution in [1.29, 1.82) is 0 Å². The lowest BCUT2D eigenvalue weighted by Gasteiger charge is -2.03. The molecule has 0 radical (unpaired) electrons. The number of nitrogens with zero attached hydrogens (tertiary/aromatic N) is 1. The van der Waals surface area contributed by atoms with Gasteiger partial charge in [-0.25, -0.2) is 4.98 Å². The molecule has 0 aliphatic heterocycles. The third-order valence-electron chi connectivity index (χ3n) is 0.803. The Morgan fingerprint density at radius 2 is 2.18 bits per heavy atom. The molecule has 1 heterocycles. The highest BCUT2D eigenvalue weighted by molar-refractivity contribution is 7.13. The number of hydrogen-bond donors (Lipinski definition) is 0. The van der Waals surface area contributed by atoms with Crippen LogP contribution in [0.1, 0.15) is 4.88 Å². The van der Waals surface area contributed by atoms with Crippen LogP contribution in [-0.2, 0) is 0 Å². The van der Waals surface area contributed by atoms with Gasteiger partial charge in [-0.3, -0.25) is 0 Å². The summed E-state index contributed by atoms with van der Waals surface area (Å²) >= 11 is 0.861. The summed E-state index contributed by atoms with van der Waals surface area (Å²) in [5.74, 6) is 0. The lowest BCUT2D eigenvalue weighted by atomic mass is 10.7. The summed E-state index contributed by atoms with van der Waals surface area (Å²) in [6.45, 7) is 1.65. The molecule has 0 saturated heterocycles. The minimum absolute atomic E-state index is 0.366. The highest BCUT2D eigenvalue weighted by Gasteiger charge is 2.32. The summed E-state index contributed by atoms with van der Waals surface area (Å²) in [5.41, 5.74) is 0. The van der Waals surface area contributed by atoms with Crippen molar-refractivity contribution in [2.75, 3.05) is 0 Å². The molecule has 62 valence electrons. The molecule has 0 amide bonds. The van der Waals surface area contributed by atoms with E-state index in [-0.39, 0.29) is 5.19 Å². The highest BCUT2D eigenvalue weighted by atomic mass is 32.1. The maximum atomic E-state index is 11.5. The van der Waals surface area contributed by atoms with E-state index in [1.54, 1.807) is 6.92 Å². The first kappa shape index (κ1) is 8.32.